The smallest absolute Gasteiger partial charge is 0.347 e. The molecule has 5 heteroatoms. The van der Waals surface area contributed by atoms with E-state index in [0.29, 0.717) is 0 Å². The Morgan fingerprint density at radius 1 is 1.24 bits per heavy atom. The van der Waals surface area contributed by atoms with Crippen molar-refractivity contribution >= 4 is 5.97 Å². The quantitative estimate of drug-likeness (QED) is 0.747. The van der Waals surface area contributed by atoms with Gasteiger partial charge in [-0.25, -0.2) is 14.8 Å². The Labute approximate surface area is 101 Å². The molecule has 1 unspecified atom stereocenters. The van der Waals surface area contributed by atoms with Crippen LogP contribution in [0.4, 0.5) is 0 Å². The van der Waals surface area contributed by atoms with Crippen molar-refractivity contribution in [3.63, 3.8) is 0 Å². The molecule has 0 aliphatic carbocycles. The summed E-state index contributed by atoms with van der Waals surface area (Å²) in [7, 11) is 1.34. The summed E-state index contributed by atoms with van der Waals surface area (Å²) < 4.78 is 10.2. The molecule has 0 saturated carbocycles. The lowest BCUT2D eigenvalue weighted by Crippen LogP contribution is -2.34. The van der Waals surface area contributed by atoms with Crippen molar-refractivity contribution in [2.45, 2.75) is 33.8 Å². The molecule has 17 heavy (non-hydrogen) atoms. The number of carbonyl (C=O) groups is 1. The highest BCUT2D eigenvalue weighted by molar-refractivity contribution is 5.75. The molecule has 0 aliphatic heterocycles. The number of aromatic nitrogens is 2. The Balaban J connectivity index is 2.89. The van der Waals surface area contributed by atoms with Gasteiger partial charge in [-0.1, -0.05) is 13.8 Å². The van der Waals surface area contributed by atoms with Gasteiger partial charge in [0, 0.05) is 17.3 Å². The van der Waals surface area contributed by atoms with Crippen LogP contribution in [0, 0.1) is 19.8 Å². The lowest BCUT2D eigenvalue weighted by Gasteiger charge is -2.18. The summed E-state index contributed by atoms with van der Waals surface area (Å²) in [5, 5.41) is 0. The van der Waals surface area contributed by atoms with Crippen LogP contribution in [-0.2, 0) is 9.53 Å². The Morgan fingerprint density at radius 2 is 1.76 bits per heavy atom. The highest BCUT2D eigenvalue weighted by Crippen LogP contribution is 2.13. The van der Waals surface area contributed by atoms with E-state index in [0.717, 1.165) is 11.4 Å². The van der Waals surface area contributed by atoms with Gasteiger partial charge in [-0.05, 0) is 19.9 Å². The zero-order valence-electron chi connectivity index (χ0n) is 10.9. The molecule has 1 aromatic heterocycles. The van der Waals surface area contributed by atoms with Gasteiger partial charge in [0.15, 0.2) is 0 Å². The number of hydrogen-bond donors (Lipinski definition) is 0. The molecule has 5 nitrogen and oxygen atoms in total. The Bertz CT molecular complexity index is 384. The fourth-order valence-corrected chi connectivity index (χ4v) is 1.43. The molecule has 0 aliphatic rings. The van der Waals surface area contributed by atoms with Crippen molar-refractivity contribution < 1.29 is 14.3 Å². The van der Waals surface area contributed by atoms with E-state index in [1.54, 1.807) is 0 Å². The predicted octanol–water partition coefficient (Wildman–Crippen LogP) is 1.67. The molecule has 1 atom stereocenters. The molecule has 0 fully saturated rings. The standard InChI is InChI=1S/C12H18N2O3/c1-7(2)10(11(15)16-5)17-12-13-8(3)6-9(4)14-12/h6-7,10H,1-5H3. The Kier molecular flexibility index (Phi) is 4.43. The monoisotopic (exact) mass is 238 g/mol. The first-order valence-corrected chi connectivity index (χ1v) is 5.50. The maximum atomic E-state index is 11.5. The zero-order chi connectivity index (χ0) is 13.0. The molecule has 1 heterocycles. The molecule has 0 spiro atoms. The van der Waals surface area contributed by atoms with Crippen molar-refractivity contribution in [2.75, 3.05) is 7.11 Å². The fourth-order valence-electron chi connectivity index (χ4n) is 1.43. The Morgan fingerprint density at radius 3 is 2.18 bits per heavy atom. The second-order valence-corrected chi connectivity index (χ2v) is 4.24. The average Bonchev–Trinajstić information content (AvgIpc) is 2.23. The highest BCUT2D eigenvalue weighted by atomic mass is 16.6. The van der Waals surface area contributed by atoms with Crippen molar-refractivity contribution in [1.29, 1.82) is 0 Å². The molecule has 0 N–H and O–H groups in total. The number of aryl methyl sites for hydroxylation is 2. The summed E-state index contributed by atoms with van der Waals surface area (Å²) in [5.41, 5.74) is 1.61. The van der Waals surface area contributed by atoms with E-state index in [-0.39, 0.29) is 11.9 Å². The van der Waals surface area contributed by atoms with E-state index in [1.807, 2.05) is 33.8 Å². The summed E-state index contributed by atoms with van der Waals surface area (Å²) in [6.07, 6.45) is -0.679. The van der Waals surface area contributed by atoms with E-state index in [9.17, 15) is 4.79 Å². The summed E-state index contributed by atoms with van der Waals surface area (Å²) >= 11 is 0. The molecule has 0 aromatic carbocycles. The van der Waals surface area contributed by atoms with Crippen LogP contribution in [0.5, 0.6) is 6.01 Å². The van der Waals surface area contributed by atoms with Gasteiger partial charge in [-0.2, -0.15) is 0 Å². The third-order valence-corrected chi connectivity index (χ3v) is 2.23. The maximum absolute atomic E-state index is 11.5. The number of hydrogen-bond acceptors (Lipinski definition) is 5. The van der Waals surface area contributed by atoms with E-state index in [1.165, 1.54) is 7.11 Å². The second-order valence-electron chi connectivity index (χ2n) is 4.24. The van der Waals surface area contributed by atoms with E-state index in [2.05, 4.69) is 14.7 Å². The minimum Gasteiger partial charge on any atom is -0.466 e. The van der Waals surface area contributed by atoms with Gasteiger partial charge in [0.25, 0.3) is 0 Å². The molecular formula is C12H18N2O3. The summed E-state index contributed by atoms with van der Waals surface area (Å²) in [6.45, 7) is 7.46. The van der Waals surface area contributed by atoms with Crippen LogP contribution in [0.2, 0.25) is 0 Å². The largest absolute Gasteiger partial charge is 0.466 e. The van der Waals surface area contributed by atoms with Gasteiger partial charge in [-0.3, -0.25) is 0 Å². The number of carbonyl (C=O) groups excluding carboxylic acids is 1. The predicted molar refractivity (Wildman–Crippen MR) is 62.8 cm³/mol. The van der Waals surface area contributed by atoms with Crippen LogP contribution < -0.4 is 4.74 Å². The molecule has 94 valence electrons. The second kappa shape index (κ2) is 5.61. The molecule has 0 radical (unpaired) electrons. The van der Waals surface area contributed by atoms with E-state index < -0.39 is 12.1 Å². The normalized spacial score (nSPS) is 12.4. The first-order chi connectivity index (χ1) is 7.93. The third-order valence-electron chi connectivity index (χ3n) is 2.23. The van der Waals surface area contributed by atoms with Crippen LogP contribution in [0.15, 0.2) is 6.07 Å². The van der Waals surface area contributed by atoms with Crippen LogP contribution in [-0.4, -0.2) is 29.2 Å². The van der Waals surface area contributed by atoms with E-state index in [4.69, 9.17) is 4.74 Å². The number of methoxy groups -OCH3 is 1. The van der Waals surface area contributed by atoms with Gasteiger partial charge in [0.05, 0.1) is 7.11 Å². The van der Waals surface area contributed by atoms with Crippen LogP contribution in [0.1, 0.15) is 25.2 Å². The van der Waals surface area contributed by atoms with Crippen LogP contribution in [0.25, 0.3) is 0 Å². The minimum absolute atomic E-state index is 0.00753. The summed E-state index contributed by atoms with van der Waals surface area (Å²) in [4.78, 5) is 19.8. The van der Waals surface area contributed by atoms with Crippen LogP contribution >= 0.6 is 0 Å². The molecule has 0 bridgehead atoms. The third kappa shape index (κ3) is 3.69. The van der Waals surface area contributed by atoms with Crippen molar-refractivity contribution in [3.05, 3.63) is 17.5 Å². The number of rotatable bonds is 4. The van der Waals surface area contributed by atoms with Crippen LogP contribution in [0.3, 0.4) is 0 Å². The average molecular weight is 238 g/mol. The SMILES string of the molecule is COC(=O)C(Oc1nc(C)cc(C)n1)C(C)C. The Hall–Kier alpha value is -1.65. The lowest BCUT2D eigenvalue weighted by molar-refractivity contribution is -0.151. The van der Waals surface area contributed by atoms with E-state index >= 15 is 0 Å². The molecular weight excluding hydrogens is 220 g/mol. The van der Waals surface area contributed by atoms with Gasteiger partial charge in [0.2, 0.25) is 6.10 Å². The van der Waals surface area contributed by atoms with Crippen molar-refractivity contribution in [3.8, 4) is 6.01 Å². The number of esters is 1. The lowest BCUT2D eigenvalue weighted by atomic mass is 10.1. The molecule has 0 saturated heterocycles. The highest BCUT2D eigenvalue weighted by Gasteiger charge is 2.26. The van der Waals surface area contributed by atoms with Gasteiger partial charge in [0.1, 0.15) is 0 Å². The number of ether oxygens (including phenoxy) is 2. The fraction of sp³-hybridized carbons (Fsp3) is 0.583. The first kappa shape index (κ1) is 13.4. The molecule has 1 rings (SSSR count). The van der Waals surface area contributed by atoms with Gasteiger partial charge < -0.3 is 9.47 Å². The number of nitrogens with zero attached hydrogens (tertiary/aromatic N) is 2. The summed E-state index contributed by atoms with van der Waals surface area (Å²) in [5.74, 6) is -0.422. The molecule has 0 amide bonds. The van der Waals surface area contributed by atoms with Gasteiger partial charge >= 0.3 is 12.0 Å². The molecule has 1 aromatic rings. The topological polar surface area (TPSA) is 61.3 Å². The first-order valence-electron chi connectivity index (χ1n) is 5.50. The zero-order valence-corrected chi connectivity index (χ0v) is 10.9. The minimum atomic E-state index is -0.679. The van der Waals surface area contributed by atoms with Crippen molar-refractivity contribution in [2.24, 2.45) is 5.92 Å². The maximum Gasteiger partial charge on any atom is 0.347 e. The van der Waals surface area contributed by atoms with Crippen molar-refractivity contribution in [1.82, 2.24) is 9.97 Å². The summed E-state index contributed by atoms with van der Waals surface area (Å²) in [6, 6.07) is 2.06. The van der Waals surface area contributed by atoms with Gasteiger partial charge in [-0.15, -0.1) is 0 Å².